The number of aromatic nitrogens is 2. The van der Waals surface area contributed by atoms with E-state index in [9.17, 15) is 8.42 Å². The van der Waals surface area contributed by atoms with Crippen LogP contribution in [0.3, 0.4) is 0 Å². The average molecular weight is 444 g/mol. The predicted octanol–water partition coefficient (Wildman–Crippen LogP) is 4.27. The van der Waals surface area contributed by atoms with Crippen LogP contribution in [0.1, 0.15) is 22.9 Å². The molecule has 0 saturated heterocycles. The van der Waals surface area contributed by atoms with Crippen molar-refractivity contribution in [3.05, 3.63) is 77.5 Å². The molecule has 4 rings (SSSR count). The summed E-state index contributed by atoms with van der Waals surface area (Å²) < 4.78 is 29.2. The van der Waals surface area contributed by atoms with E-state index in [4.69, 9.17) is 10.3 Å². The molecule has 0 aliphatic carbocycles. The summed E-state index contributed by atoms with van der Waals surface area (Å²) in [6, 6.07) is 18.4. The van der Waals surface area contributed by atoms with E-state index in [0.29, 0.717) is 17.7 Å². The largest absolute Gasteiger partial charge is 0.356 e. The molecule has 4 aromatic rings. The van der Waals surface area contributed by atoms with Gasteiger partial charge in [-0.1, -0.05) is 47.6 Å². The van der Waals surface area contributed by atoms with E-state index in [-0.39, 0.29) is 23.5 Å². The molecule has 2 heterocycles. The second-order valence-electron chi connectivity index (χ2n) is 7.11. The topological polar surface area (TPSA) is 99.1 Å². The molecule has 0 spiro atoms. The molecule has 2 N–H and O–H groups in total. The summed E-state index contributed by atoms with van der Waals surface area (Å²) >= 11 is 0. The van der Waals surface area contributed by atoms with E-state index in [1.165, 1.54) is 6.07 Å². The monoisotopic (exact) mass is 443 g/mol. The molecule has 0 aliphatic heterocycles. The number of nitrogens with two attached hydrogens (primary N) is 1. The Balaban J connectivity index is 0.00000256. The van der Waals surface area contributed by atoms with Crippen molar-refractivity contribution in [2.24, 2.45) is 5.73 Å². The van der Waals surface area contributed by atoms with Crippen molar-refractivity contribution < 1.29 is 12.9 Å². The second-order valence-corrected chi connectivity index (χ2v) is 9.07. The van der Waals surface area contributed by atoms with Crippen molar-refractivity contribution in [1.82, 2.24) is 10.1 Å². The molecule has 0 aliphatic rings. The lowest BCUT2D eigenvalue weighted by Gasteiger charge is -2.17. The molecule has 6 nitrogen and oxygen atoms in total. The third kappa shape index (κ3) is 4.23. The highest BCUT2D eigenvalue weighted by molar-refractivity contribution is 7.90. The zero-order chi connectivity index (χ0) is 20.6. The van der Waals surface area contributed by atoms with E-state index in [1.54, 1.807) is 6.07 Å². The van der Waals surface area contributed by atoms with Gasteiger partial charge < -0.3 is 10.3 Å². The third-order valence-electron chi connectivity index (χ3n) is 4.96. The number of nitrogens with zero attached hydrogens (tertiary/aromatic N) is 2. The van der Waals surface area contributed by atoms with Crippen LogP contribution in [0, 0.1) is 6.92 Å². The first-order chi connectivity index (χ1) is 13.8. The van der Waals surface area contributed by atoms with Crippen molar-refractivity contribution in [2.45, 2.75) is 24.4 Å². The first kappa shape index (κ1) is 22.0. The van der Waals surface area contributed by atoms with E-state index in [1.807, 2.05) is 55.5 Å². The van der Waals surface area contributed by atoms with Crippen molar-refractivity contribution >= 4 is 33.2 Å². The number of hydrogen-bond acceptors (Lipinski definition) is 6. The molecule has 2 aromatic heterocycles. The first-order valence-electron chi connectivity index (χ1n) is 9.20. The normalized spacial score (nSPS) is 12.5. The van der Waals surface area contributed by atoms with Crippen LogP contribution in [-0.2, 0) is 16.3 Å². The number of halogens is 1. The van der Waals surface area contributed by atoms with Crippen LogP contribution in [0.2, 0.25) is 0 Å². The molecular formula is C22H22ClN3O3S. The quantitative estimate of drug-likeness (QED) is 0.494. The molecule has 30 heavy (non-hydrogen) atoms. The zero-order valence-corrected chi connectivity index (χ0v) is 18.2. The van der Waals surface area contributed by atoms with Gasteiger partial charge in [0.1, 0.15) is 5.69 Å². The number of para-hydroxylation sites is 1. The predicted molar refractivity (Wildman–Crippen MR) is 119 cm³/mol. The average Bonchev–Trinajstić information content (AvgIpc) is 3.13. The fourth-order valence-corrected chi connectivity index (χ4v) is 3.99. The molecule has 0 bridgehead atoms. The van der Waals surface area contributed by atoms with E-state index >= 15 is 0 Å². The number of benzene rings is 2. The lowest BCUT2D eigenvalue weighted by Crippen LogP contribution is -2.17. The van der Waals surface area contributed by atoms with Gasteiger partial charge in [-0.2, -0.15) is 0 Å². The van der Waals surface area contributed by atoms with Crippen LogP contribution in [0.5, 0.6) is 0 Å². The Morgan fingerprint density at radius 2 is 1.73 bits per heavy atom. The summed E-state index contributed by atoms with van der Waals surface area (Å²) in [6.07, 6.45) is 1.56. The van der Waals surface area contributed by atoms with Gasteiger partial charge in [0.25, 0.3) is 0 Å². The fourth-order valence-electron chi connectivity index (χ4n) is 3.40. The van der Waals surface area contributed by atoms with Gasteiger partial charge in [-0.3, -0.25) is 0 Å². The van der Waals surface area contributed by atoms with Crippen LogP contribution >= 0.6 is 12.4 Å². The van der Waals surface area contributed by atoms with Crippen molar-refractivity contribution in [3.63, 3.8) is 0 Å². The summed E-state index contributed by atoms with van der Waals surface area (Å²) in [7, 11) is -3.38. The van der Waals surface area contributed by atoms with Gasteiger partial charge in [-0.05, 0) is 36.2 Å². The zero-order valence-electron chi connectivity index (χ0n) is 16.6. The van der Waals surface area contributed by atoms with Gasteiger partial charge in [0.2, 0.25) is 0 Å². The van der Waals surface area contributed by atoms with Crippen LogP contribution in [0.4, 0.5) is 0 Å². The standard InChI is InChI=1S/C22H21N3O3S.ClH/c1-14-11-12-21(29(2,26)27)24-19(14)13-18(23)15-7-3-4-8-16(15)22-17-9-5-6-10-20(17)28-25-22;/h3-12,18H,13,23H2,1-2H3;1H/t18-;/m0./s1. The van der Waals surface area contributed by atoms with E-state index in [2.05, 4.69) is 10.1 Å². The summed E-state index contributed by atoms with van der Waals surface area (Å²) in [5.74, 6) is 0. The number of pyridine rings is 1. The number of fused-ring (bicyclic) bond motifs is 1. The van der Waals surface area contributed by atoms with E-state index < -0.39 is 9.84 Å². The van der Waals surface area contributed by atoms with E-state index in [0.717, 1.165) is 34.0 Å². The number of sulfone groups is 1. The van der Waals surface area contributed by atoms with Crippen molar-refractivity contribution in [2.75, 3.05) is 6.26 Å². The Kier molecular flexibility index (Phi) is 6.26. The molecule has 156 valence electrons. The van der Waals surface area contributed by atoms with Crippen molar-refractivity contribution in [1.29, 1.82) is 0 Å². The minimum absolute atomic E-state index is 0. The lowest BCUT2D eigenvalue weighted by molar-refractivity contribution is 0.459. The van der Waals surface area contributed by atoms with Crippen LogP contribution in [0.25, 0.3) is 22.2 Å². The Hall–Kier alpha value is -2.74. The summed E-state index contributed by atoms with van der Waals surface area (Å²) in [5.41, 5.74) is 11.4. The maximum absolute atomic E-state index is 11.9. The van der Waals surface area contributed by atoms with Crippen LogP contribution in [-0.4, -0.2) is 24.8 Å². The summed E-state index contributed by atoms with van der Waals surface area (Å²) in [5, 5.41) is 5.23. The highest BCUT2D eigenvalue weighted by Gasteiger charge is 2.19. The Labute approximate surface area is 181 Å². The molecule has 0 saturated carbocycles. The molecule has 2 aromatic carbocycles. The SMILES string of the molecule is Cc1ccc(S(C)(=O)=O)nc1C[C@H](N)c1ccccc1-c1noc2ccccc12.Cl. The van der Waals surface area contributed by atoms with Crippen LogP contribution < -0.4 is 5.73 Å². The molecule has 0 unspecified atom stereocenters. The van der Waals surface area contributed by atoms with Gasteiger partial charge in [-0.25, -0.2) is 13.4 Å². The lowest BCUT2D eigenvalue weighted by atomic mass is 9.93. The highest BCUT2D eigenvalue weighted by Crippen LogP contribution is 2.33. The second kappa shape index (κ2) is 8.55. The van der Waals surface area contributed by atoms with Gasteiger partial charge in [0.05, 0.1) is 0 Å². The van der Waals surface area contributed by atoms with Gasteiger partial charge >= 0.3 is 0 Å². The molecule has 8 heteroatoms. The smallest absolute Gasteiger partial charge is 0.192 e. The van der Waals surface area contributed by atoms with Gasteiger partial charge in [0, 0.05) is 35.4 Å². The van der Waals surface area contributed by atoms with Gasteiger partial charge in [-0.15, -0.1) is 12.4 Å². The summed E-state index contributed by atoms with van der Waals surface area (Å²) in [6.45, 7) is 1.90. The number of aryl methyl sites for hydroxylation is 1. The minimum Gasteiger partial charge on any atom is -0.356 e. The Morgan fingerprint density at radius 1 is 1.03 bits per heavy atom. The fraction of sp³-hybridized carbons (Fsp3) is 0.182. The number of hydrogen-bond donors (Lipinski definition) is 1. The summed E-state index contributed by atoms with van der Waals surface area (Å²) in [4.78, 5) is 4.35. The van der Waals surface area contributed by atoms with Crippen molar-refractivity contribution in [3.8, 4) is 11.3 Å². The molecule has 0 radical (unpaired) electrons. The minimum atomic E-state index is -3.38. The molecule has 1 atom stereocenters. The first-order valence-corrected chi connectivity index (χ1v) is 11.1. The van der Waals surface area contributed by atoms with Gasteiger partial charge in [0.15, 0.2) is 20.4 Å². The third-order valence-corrected chi connectivity index (χ3v) is 5.95. The molecule has 0 amide bonds. The molecular weight excluding hydrogens is 422 g/mol. The molecule has 0 fully saturated rings. The Bertz CT molecular complexity index is 1300. The maximum Gasteiger partial charge on any atom is 0.192 e. The maximum atomic E-state index is 11.9. The number of rotatable bonds is 5. The van der Waals surface area contributed by atoms with Crippen LogP contribution in [0.15, 0.2) is 70.2 Å². The Morgan fingerprint density at radius 3 is 2.50 bits per heavy atom. The highest BCUT2D eigenvalue weighted by atomic mass is 35.5.